The predicted octanol–water partition coefficient (Wildman–Crippen LogP) is 0.391. The van der Waals surface area contributed by atoms with Gasteiger partial charge in [-0.2, -0.15) is 0 Å². The maximum Gasteiger partial charge on any atom is 0.358 e. The third kappa shape index (κ3) is 8.99. The summed E-state index contributed by atoms with van der Waals surface area (Å²) in [7, 11) is 0. The first kappa shape index (κ1) is 28.8. The van der Waals surface area contributed by atoms with Crippen LogP contribution in [-0.2, 0) is 23.9 Å². The van der Waals surface area contributed by atoms with Crippen molar-refractivity contribution in [1.29, 1.82) is 0 Å². The third-order valence-electron chi connectivity index (χ3n) is 5.50. The lowest BCUT2D eigenvalue weighted by Gasteiger charge is -2.36. The Morgan fingerprint density at radius 1 is 1.17 bits per heavy atom. The first-order valence-corrected chi connectivity index (χ1v) is 12.2. The van der Waals surface area contributed by atoms with Gasteiger partial charge in [-0.3, -0.25) is 29.2 Å². The van der Waals surface area contributed by atoms with E-state index in [-0.39, 0.29) is 42.3 Å². The van der Waals surface area contributed by atoms with Gasteiger partial charge in [-0.25, -0.2) is 15.2 Å². The number of ketones is 1. The molecule has 1 aliphatic heterocycles. The molecule has 12 heteroatoms. The molecule has 2 atom stereocenters. The minimum atomic E-state index is -0.915. The highest BCUT2D eigenvalue weighted by atomic mass is 16.5. The van der Waals surface area contributed by atoms with Gasteiger partial charge < -0.3 is 15.4 Å². The molecule has 3 amide bonds. The van der Waals surface area contributed by atoms with Gasteiger partial charge in [0, 0.05) is 38.3 Å². The van der Waals surface area contributed by atoms with Crippen LogP contribution in [0.2, 0.25) is 0 Å². The minimum absolute atomic E-state index is 0.0294. The normalized spacial score (nSPS) is 16.4. The first-order valence-electron chi connectivity index (χ1n) is 12.2. The number of Topliss-reactive ketones (excluding diaryl/α,β-unsaturated/α-hetero) is 1. The largest absolute Gasteiger partial charge is 0.453 e. The van der Waals surface area contributed by atoms with Crippen LogP contribution in [0.15, 0.2) is 18.6 Å². The third-order valence-corrected chi connectivity index (χ3v) is 5.50. The molecule has 1 aliphatic rings. The number of hydrazine groups is 1. The maximum atomic E-state index is 13.1. The van der Waals surface area contributed by atoms with Gasteiger partial charge in [0.05, 0.1) is 12.2 Å². The minimum Gasteiger partial charge on any atom is -0.453 e. The molecule has 0 aliphatic carbocycles. The average molecular weight is 505 g/mol. The summed E-state index contributed by atoms with van der Waals surface area (Å²) in [6.45, 7) is 7.54. The highest BCUT2D eigenvalue weighted by Crippen LogP contribution is 2.14. The zero-order valence-electron chi connectivity index (χ0n) is 21.3. The fourth-order valence-corrected chi connectivity index (χ4v) is 3.69. The van der Waals surface area contributed by atoms with Crippen LogP contribution in [-0.4, -0.2) is 76.2 Å². The van der Waals surface area contributed by atoms with Crippen molar-refractivity contribution < 1.29 is 28.7 Å². The molecular weight excluding hydrogens is 468 g/mol. The monoisotopic (exact) mass is 504 g/mol. The van der Waals surface area contributed by atoms with Gasteiger partial charge in [0.1, 0.15) is 6.04 Å². The topological polar surface area (TPSA) is 160 Å². The number of carbonyl (C=O) groups is 5. The summed E-state index contributed by atoms with van der Waals surface area (Å²) in [5.74, 6) is -2.28. The summed E-state index contributed by atoms with van der Waals surface area (Å²) < 4.78 is 5.04. The van der Waals surface area contributed by atoms with Crippen molar-refractivity contribution >= 4 is 29.5 Å². The lowest BCUT2D eigenvalue weighted by atomic mass is 9.98. The smallest absolute Gasteiger partial charge is 0.358 e. The Morgan fingerprint density at radius 2 is 1.92 bits per heavy atom. The van der Waals surface area contributed by atoms with Crippen LogP contribution in [0.5, 0.6) is 0 Å². The number of aromatic nitrogens is 2. The second kappa shape index (κ2) is 14.2. The molecule has 1 aromatic heterocycles. The van der Waals surface area contributed by atoms with E-state index in [2.05, 4.69) is 26.0 Å². The number of amides is 3. The lowest BCUT2D eigenvalue weighted by Crippen LogP contribution is -2.61. The molecule has 0 aromatic carbocycles. The van der Waals surface area contributed by atoms with Crippen molar-refractivity contribution in [2.45, 2.75) is 65.5 Å². The van der Waals surface area contributed by atoms with E-state index in [0.717, 1.165) is 0 Å². The van der Waals surface area contributed by atoms with Crippen molar-refractivity contribution in [2.75, 3.05) is 19.7 Å². The standard InChI is InChI=1S/C24H36N6O6/c1-15(2)12-20(32)27-9-7-21(33)30-18(6-5-8-28-30)23(34)29-22(16(3)4)19(31)14-36-24(35)17-13-25-10-11-26-17/h10-11,13,15-16,18,22,28H,5-9,12,14H2,1-4H3,(H,27,32)(H,29,34)/t18-,22+/m0/s1. The molecule has 2 heterocycles. The number of carbonyl (C=O) groups excluding carboxylic acids is 5. The molecule has 36 heavy (non-hydrogen) atoms. The molecule has 198 valence electrons. The van der Waals surface area contributed by atoms with Crippen LogP contribution >= 0.6 is 0 Å². The number of rotatable bonds is 12. The van der Waals surface area contributed by atoms with Crippen LogP contribution in [0.25, 0.3) is 0 Å². The Balaban J connectivity index is 1.94. The van der Waals surface area contributed by atoms with Gasteiger partial charge in [-0.1, -0.05) is 27.7 Å². The molecule has 0 unspecified atom stereocenters. The second-order valence-electron chi connectivity index (χ2n) is 9.39. The summed E-state index contributed by atoms with van der Waals surface area (Å²) in [4.78, 5) is 70.2. The van der Waals surface area contributed by atoms with Crippen LogP contribution in [0.3, 0.4) is 0 Å². The molecule has 12 nitrogen and oxygen atoms in total. The van der Waals surface area contributed by atoms with E-state index in [1.54, 1.807) is 13.8 Å². The zero-order valence-corrected chi connectivity index (χ0v) is 21.3. The van der Waals surface area contributed by atoms with Gasteiger partial charge in [0.15, 0.2) is 18.1 Å². The molecule has 0 radical (unpaired) electrons. The molecule has 1 saturated heterocycles. The van der Waals surface area contributed by atoms with Crippen molar-refractivity contribution in [2.24, 2.45) is 11.8 Å². The second-order valence-corrected chi connectivity index (χ2v) is 9.39. The Kier molecular flexibility index (Phi) is 11.4. The number of ether oxygens (including phenoxy) is 1. The number of nitrogens with zero attached hydrogens (tertiary/aromatic N) is 3. The van der Waals surface area contributed by atoms with Crippen LogP contribution in [0.1, 0.15) is 63.9 Å². The Labute approximate surface area is 210 Å². The van der Waals surface area contributed by atoms with E-state index in [0.29, 0.717) is 25.8 Å². The number of esters is 1. The van der Waals surface area contributed by atoms with Crippen molar-refractivity contribution in [3.63, 3.8) is 0 Å². The maximum absolute atomic E-state index is 13.1. The van der Waals surface area contributed by atoms with Crippen molar-refractivity contribution in [3.8, 4) is 0 Å². The van der Waals surface area contributed by atoms with Crippen LogP contribution < -0.4 is 16.1 Å². The van der Waals surface area contributed by atoms with Gasteiger partial charge in [-0.05, 0) is 24.7 Å². The Hall–Kier alpha value is -3.41. The SMILES string of the molecule is CC(C)CC(=O)NCCC(=O)N1NCCC[C@H]1C(=O)N[C@@H](C(=O)COC(=O)c1cnccn1)C(C)C. The summed E-state index contributed by atoms with van der Waals surface area (Å²) in [6.07, 6.45) is 5.47. The van der Waals surface area contributed by atoms with Crippen molar-refractivity contribution in [1.82, 2.24) is 31.0 Å². The van der Waals surface area contributed by atoms with Gasteiger partial charge >= 0.3 is 5.97 Å². The summed E-state index contributed by atoms with van der Waals surface area (Å²) in [5, 5.41) is 6.72. The molecule has 0 bridgehead atoms. The molecule has 1 aromatic rings. The number of hydrogen-bond acceptors (Lipinski definition) is 9. The van der Waals surface area contributed by atoms with E-state index in [9.17, 15) is 24.0 Å². The fourth-order valence-electron chi connectivity index (χ4n) is 3.69. The molecular formula is C24H36N6O6. The highest BCUT2D eigenvalue weighted by Gasteiger charge is 2.35. The van der Waals surface area contributed by atoms with E-state index in [1.807, 2.05) is 13.8 Å². The van der Waals surface area contributed by atoms with Crippen molar-refractivity contribution in [3.05, 3.63) is 24.3 Å². The van der Waals surface area contributed by atoms with Gasteiger partial charge in [0.2, 0.25) is 17.7 Å². The van der Waals surface area contributed by atoms with Crippen LogP contribution in [0.4, 0.5) is 0 Å². The molecule has 3 N–H and O–H groups in total. The summed E-state index contributed by atoms with van der Waals surface area (Å²) in [6, 6.07) is -1.73. The lowest BCUT2D eigenvalue weighted by molar-refractivity contribution is -0.147. The molecule has 0 saturated carbocycles. The van der Waals surface area contributed by atoms with E-state index < -0.39 is 36.4 Å². The van der Waals surface area contributed by atoms with E-state index >= 15 is 0 Å². The summed E-state index contributed by atoms with van der Waals surface area (Å²) in [5.41, 5.74) is 2.92. The molecule has 1 fully saturated rings. The van der Waals surface area contributed by atoms with E-state index in [4.69, 9.17) is 4.74 Å². The van der Waals surface area contributed by atoms with Crippen LogP contribution in [0, 0.1) is 11.8 Å². The Bertz CT molecular complexity index is 923. The first-order chi connectivity index (χ1) is 17.1. The van der Waals surface area contributed by atoms with Gasteiger partial charge in [0.25, 0.3) is 0 Å². The predicted molar refractivity (Wildman–Crippen MR) is 129 cm³/mol. The van der Waals surface area contributed by atoms with E-state index in [1.165, 1.54) is 23.6 Å². The zero-order chi connectivity index (χ0) is 26.7. The highest BCUT2D eigenvalue weighted by molar-refractivity contribution is 5.95. The Morgan fingerprint density at radius 3 is 2.56 bits per heavy atom. The average Bonchev–Trinajstić information content (AvgIpc) is 2.85. The molecule has 0 spiro atoms. The number of nitrogens with one attached hydrogen (secondary N) is 3. The molecule has 2 rings (SSSR count). The fraction of sp³-hybridized carbons (Fsp3) is 0.625. The quantitative estimate of drug-likeness (QED) is 0.342. The summed E-state index contributed by atoms with van der Waals surface area (Å²) >= 11 is 0. The number of hydrogen-bond donors (Lipinski definition) is 3. The van der Waals surface area contributed by atoms with Gasteiger partial charge in [-0.15, -0.1) is 0 Å².